The molecule has 1 unspecified atom stereocenters. The van der Waals surface area contributed by atoms with Gasteiger partial charge in [-0.2, -0.15) is 0 Å². The average molecular weight is 224 g/mol. The Hall–Kier alpha value is -0.680. The van der Waals surface area contributed by atoms with Crippen LogP contribution in [0.4, 0.5) is 0 Å². The van der Waals surface area contributed by atoms with Gasteiger partial charge in [0.2, 0.25) is 6.29 Å². The van der Waals surface area contributed by atoms with Gasteiger partial charge in [-0.3, -0.25) is 0 Å². The summed E-state index contributed by atoms with van der Waals surface area (Å²) >= 11 is 0. The van der Waals surface area contributed by atoms with Crippen molar-refractivity contribution in [3.63, 3.8) is 0 Å². The van der Waals surface area contributed by atoms with Gasteiger partial charge in [-0.1, -0.05) is 19.9 Å². The molecule has 7 heteroatoms. The van der Waals surface area contributed by atoms with Crippen molar-refractivity contribution < 1.29 is 28.4 Å². The summed E-state index contributed by atoms with van der Waals surface area (Å²) < 4.78 is 19.2. The molecule has 0 aromatic carbocycles. The lowest BCUT2D eigenvalue weighted by Gasteiger charge is -2.16. The Balaban J connectivity index is 4.22. The van der Waals surface area contributed by atoms with Crippen LogP contribution in [-0.2, 0) is 18.6 Å². The van der Waals surface area contributed by atoms with Crippen molar-refractivity contribution in [1.29, 1.82) is 0 Å². The number of ether oxygens (including phenoxy) is 1. The second-order valence-corrected chi connectivity index (χ2v) is 3.65. The number of rotatable bonds is 6. The van der Waals surface area contributed by atoms with E-state index in [-0.39, 0.29) is 6.42 Å². The summed E-state index contributed by atoms with van der Waals surface area (Å²) in [5.74, 6) is -0.781. The second kappa shape index (κ2) is 5.93. The van der Waals surface area contributed by atoms with Crippen molar-refractivity contribution in [2.75, 3.05) is 0 Å². The molecule has 0 fully saturated rings. The van der Waals surface area contributed by atoms with Gasteiger partial charge < -0.3 is 14.5 Å². The molecule has 6 nitrogen and oxygen atoms in total. The highest BCUT2D eigenvalue weighted by atomic mass is 31.2. The zero-order valence-corrected chi connectivity index (χ0v) is 8.65. The van der Waals surface area contributed by atoms with E-state index in [1.165, 1.54) is 0 Å². The maximum absolute atomic E-state index is 10.7. The Kier molecular flexibility index (Phi) is 5.64. The van der Waals surface area contributed by atoms with E-state index >= 15 is 0 Å². The molecular formula is C7H13O6P. The largest absolute Gasteiger partial charge is 0.472 e. The van der Waals surface area contributed by atoms with Crippen LogP contribution in [0, 0.1) is 0 Å². The fourth-order valence-corrected chi connectivity index (χ4v) is 1.15. The fourth-order valence-electron chi connectivity index (χ4n) is 0.700. The Morgan fingerprint density at radius 1 is 1.64 bits per heavy atom. The van der Waals surface area contributed by atoms with Gasteiger partial charge in [-0.15, -0.1) is 0 Å². The predicted octanol–water partition coefficient (Wildman–Crippen LogP) is 0.951. The van der Waals surface area contributed by atoms with Crippen LogP contribution in [0.5, 0.6) is 0 Å². The van der Waals surface area contributed by atoms with Crippen molar-refractivity contribution in [1.82, 2.24) is 0 Å². The maximum Gasteiger partial charge on any atom is 0.472 e. The zero-order chi connectivity index (χ0) is 11.2. The van der Waals surface area contributed by atoms with Gasteiger partial charge >= 0.3 is 13.8 Å². The topological polar surface area (TPSA) is 93.1 Å². The van der Waals surface area contributed by atoms with Gasteiger partial charge in [0.15, 0.2) is 0 Å². The smallest absolute Gasteiger partial charge is 0.432 e. The first-order chi connectivity index (χ1) is 6.39. The van der Waals surface area contributed by atoms with Crippen molar-refractivity contribution >= 4 is 13.8 Å². The van der Waals surface area contributed by atoms with Crippen molar-refractivity contribution in [3.8, 4) is 0 Å². The van der Waals surface area contributed by atoms with Gasteiger partial charge in [-0.25, -0.2) is 13.9 Å². The first-order valence-corrected chi connectivity index (χ1v) is 5.49. The van der Waals surface area contributed by atoms with Crippen LogP contribution in [0.3, 0.4) is 0 Å². The maximum atomic E-state index is 10.7. The molecule has 0 saturated carbocycles. The SMILES string of the molecule is C=CC(=O)OC(CCC)OP(=O)(O)O. The molecule has 0 spiro atoms. The predicted molar refractivity (Wildman–Crippen MR) is 48.1 cm³/mol. The molecule has 14 heavy (non-hydrogen) atoms. The number of carbonyl (C=O) groups is 1. The molecule has 0 rings (SSSR count). The van der Waals surface area contributed by atoms with E-state index < -0.39 is 20.1 Å². The Morgan fingerprint density at radius 3 is 2.57 bits per heavy atom. The lowest BCUT2D eigenvalue weighted by Crippen LogP contribution is -2.19. The zero-order valence-electron chi connectivity index (χ0n) is 7.75. The van der Waals surface area contributed by atoms with E-state index in [1.54, 1.807) is 6.92 Å². The Labute approximate surface area is 81.8 Å². The van der Waals surface area contributed by atoms with E-state index in [0.29, 0.717) is 6.42 Å². The quantitative estimate of drug-likeness (QED) is 0.302. The van der Waals surface area contributed by atoms with E-state index in [1.807, 2.05) is 0 Å². The molecule has 0 aliphatic rings. The summed E-state index contributed by atoms with van der Waals surface area (Å²) in [7, 11) is -4.63. The monoisotopic (exact) mass is 224 g/mol. The summed E-state index contributed by atoms with van der Waals surface area (Å²) in [6, 6.07) is 0. The van der Waals surface area contributed by atoms with E-state index in [4.69, 9.17) is 9.79 Å². The molecule has 0 aliphatic heterocycles. The minimum Gasteiger partial charge on any atom is -0.432 e. The molecule has 0 heterocycles. The first kappa shape index (κ1) is 13.3. The molecule has 0 aromatic rings. The molecule has 0 aliphatic carbocycles. The number of hydrogen-bond donors (Lipinski definition) is 2. The summed E-state index contributed by atoms with van der Waals surface area (Å²) in [5, 5.41) is 0. The standard InChI is InChI=1S/C7H13O6P/c1-3-5-7(12-6(8)4-2)13-14(9,10)11/h4,7H,2-3,5H2,1H3,(H2,9,10,11). The minimum absolute atomic E-state index is 0.213. The molecule has 82 valence electrons. The molecule has 1 atom stereocenters. The highest BCUT2D eigenvalue weighted by Gasteiger charge is 2.23. The van der Waals surface area contributed by atoms with Gasteiger partial charge in [0.05, 0.1) is 0 Å². The van der Waals surface area contributed by atoms with E-state index in [9.17, 15) is 9.36 Å². The summed E-state index contributed by atoms with van der Waals surface area (Å²) in [5.41, 5.74) is 0. The normalized spacial score (nSPS) is 13.4. The van der Waals surface area contributed by atoms with E-state index in [0.717, 1.165) is 6.08 Å². The Bertz CT molecular complexity index is 245. The summed E-state index contributed by atoms with van der Waals surface area (Å²) in [6.07, 6.45) is 0.442. The average Bonchev–Trinajstić information content (AvgIpc) is 2.01. The van der Waals surface area contributed by atoms with Gasteiger partial charge in [0.1, 0.15) is 0 Å². The third-order valence-corrected chi connectivity index (χ3v) is 1.70. The molecule has 0 saturated heterocycles. The van der Waals surface area contributed by atoms with Crippen LogP contribution in [0.25, 0.3) is 0 Å². The third-order valence-electron chi connectivity index (χ3n) is 1.19. The molecule has 0 bridgehead atoms. The number of phosphoric acid groups is 1. The minimum atomic E-state index is -4.63. The molecular weight excluding hydrogens is 211 g/mol. The fraction of sp³-hybridized carbons (Fsp3) is 0.571. The van der Waals surface area contributed by atoms with Crippen LogP contribution in [0.2, 0.25) is 0 Å². The third kappa shape index (κ3) is 6.80. The summed E-state index contributed by atoms with van der Waals surface area (Å²) in [6.45, 7) is 4.91. The van der Waals surface area contributed by atoms with E-state index in [2.05, 4.69) is 15.8 Å². The lowest BCUT2D eigenvalue weighted by molar-refractivity contribution is -0.160. The van der Waals surface area contributed by atoms with Crippen molar-refractivity contribution in [2.45, 2.75) is 26.1 Å². The Morgan fingerprint density at radius 2 is 2.21 bits per heavy atom. The molecule has 0 aromatic heterocycles. The molecule has 0 radical (unpaired) electrons. The van der Waals surface area contributed by atoms with Crippen LogP contribution in [0.1, 0.15) is 19.8 Å². The number of carbonyl (C=O) groups excluding carboxylic acids is 1. The van der Waals surface area contributed by atoms with Crippen molar-refractivity contribution in [2.24, 2.45) is 0 Å². The van der Waals surface area contributed by atoms with Gasteiger partial charge in [-0.05, 0) is 0 Å². The number of phosphoric ester groups is 1. The van der Waals surface area contributed by atoms with Gasteiger partial charge in [0, 0.05) is 12.5 Å². The second-order valence-electron chi connectivity index (χ2n) is 2.46. The van der Waals surface area contributed by atoms with Crippen LogP contribution in [-0.4, -0.2) is 22.0 Å². The number of esters is 1. The molecule has 0 amide bonds. The first-order valence-electron chi connectivity index (χ1n) is 3.96. The van der Waals surface area contributed by atoms with Crippen molar-refractivity contribution in [3.05, 3.63) is 12.7 Å². The summed E-state index contributed by atoms with van der Waals surface area (Å²) in [4.78, 5) is 27.7. The highest BCUT2D eigenvalue weighted by molar-refractivity contribution is 7.46. The highest BCUT2D eigenvalue weighted by Crippen LogP contribution is 2.38. The van der Waals surface area contributed by atoms with Crippen LogP contribution < -0.4 is 0 Å². The van der Waals surface area contributed by atoms with Gasteiger partial charge in [0.25, 0.3) is 0 Å². The molecule has 2 N–H and O–H groups in total. The lowest BCUT2D eigenvalue weighted by atomic mass is 10.3. The number of hydrogen-bond acceptors (Lipinski definition) is 4. The van der Waals surface area contributed by atoms with Crippen LogP contribution in [0.15, 0.2) is 12.7 Å². The van der Waals surface area contributed by atoms with Crippen LogP contribution >= 0.6 is 7.82 Å².